The lowest BCUT2D eigenvalue weighted by atomic mass is 9.62. The molecule has 2 aromatic heterocycles. The number of pyridine rings is 1. The molecule has 0 spiro atoms. The second-order valence-corrected chi connectivity index (χ2v) is 10.4. The number of aromatic nitrogens is 3. The maximum absolute atomic E-state index is 12.8. The minimum atomic E-state index is -4.31. The molecule has 3 aromatic rings. The summed E-state index contributed by atoms with van der Waals surface area (Å²) in [6.45, 7) is 6.50. The van der Waals surface area contributed by atoms with Crippen molar-refractivity contribution in [1.82, 2.24) is 20.0 Å². The zero-order valence-electron chi connectivity index (χ0n) is 20.1. The van der Waals surface area contributed by atoms with Gasteiger partial charge in [-0.25, -0.2) is 0 Å². The Labute approximate surface area is 201 Å². The first-order valence-corrected chi connectivity index (χ1v) is 11.3. The van der Waals surface area contributed by atoms with Crippen LogP contribution in [0.2, 0.25) is 0 Å². The molecule has 3 heterocycles. The van der Waals surface area contributed by atoms with Gasteiger partial charge in [-0.3, -0.25) is 4.98 Å². The molecule has 2 N–H and O–H groups in total. The van der Waals surface area contributed by atoms with E-state index in [4.69, 9.17) is 4.52 Å². The topological polar surface area (TPSA) is 95.5 Å². The minimum Gasteiger partial charge on any atom is -0.395 e. The lowest BCUT2D eigenvalue weighted by molar-refractivity contribution is -0.128. The van der Waals surface area contributed by atoms with Gasteiger partial charge in [-0.2, -0.15) is 18.2 Å². The number of aliphatic hydroxyl groups excluding tert-OH is 1. The van der Waals surface area contributed by atoms with Crippen molar-refractivity contribution >= 4 is 0 Å². The Morgan fingerprint density at radius 2 is 1.74 bits per heavy atom. The van der Waals surface area contributed by atoms with Crippen LogP contribution in [0.25, 0.3) is 11.5 Å². The molecular weight excluding hydrogens is 461 g/mol. The summed E-state index contributed by atoms with van der Waals surface area (Å²) in [6.07, 6.45) is -2.26. The van der Waals surface area contributed by atoms with E-state index in [1.165, 1.54) is 18.3 Å². The van der Waals surface area contributed by atoms with Crippen LogP contribution in [0.1, 0.15) is 43.3 Å². The number of nitrogens with zero attached hydrogens (tertiary/aromatic N) is 4. The molecule has 188 valence electrons. The predicted molar refractivity (Wildman–Crippen MR) is 122 cm³/mol. The molecule has 1 aromatic carbocycles. The SMILES string of the molecule is CN1CC(C)([C@](O)(c2ccc(CC(F)(F)F)cc2)c2cncc(-c3nc(C(C)(C)CO)no3)c2)C1. The van der Waals surface area contributed by atoms with Gasteiger partial charge in [-0.15, -0.1) is 0 Å². The molecule has 1 saturated heterocycles. The molecule has 0 saturated carbocycles. The molecule has 10 heteroatoms. The third-order valence-electron chi connectivity index (χ3n) is 6.72. The molecule has 35 heavy (non-hydrogen) atoms. The van der Waals surface area contributed by atoms with Gasteiger partial charge in [0.25, 0.3) is 5.89 Å². The average molecular weight is 491 g/mol. The summed E-state index contributed by atoms with van der Waals surface area (Å²) in [5, 5.41) is 25.8. The van der Waals surface area contributed by atoms with Crippen molar-refractivity contribution in [3.63, 3.8) is 0 Å². The highest BCUT2D eigenvalue weighted by Crippen LogP contribution is 2.50. The summed E-state index contributed by atoms with van der Waals surface area (Å²) in [5.74, 6) is 0.526. The standard InChI is InChI=1S/C25H29F3N4O3/c1-22(2,15-33)21-30-20(35-31-21)17-9-19(12-29-11-17)25(34,23(3)13-32(4)14-23)18-7-5-16(6-8-18)10-24(26,27)28/h5-9,11-12,33-34H,10,13-15H2,1-4H3/t25-/m0/s1. The van der Waals surface area contributed by atoms with E-state index in [2.05, 4.69) is 20.0 Å². The molecular formula is C25H29F3N4O3. The second kappa shape index (κ2) is 8.69. The number of halogens is 3. The fourth-order valence-corrected chi connectivity index (χ4v) is 4.77. The normalized spacial score (nSPS) is 18.2. The number of likely N-dealkylation sites (tertiary alicyclic amines) is 1. The summed E-state index contributed by atoms with van der Waals surface area (Å²) in [5.41, 5.74) is -1.30. The van der Waals surface area contributed by atoms with Crippen LogP contribution < -0.4 is 0 Å². The molecule has 1 fully saturated rings. The number of benzene rings is 1. The van der Waals surface area contributed by atoms with E-state index in [0.717, 1.165) is 0 Å². The second-order valence-electron chi connectivity index (χ2n) is 10.4. The van der Waals surface area contributed by atoms with E-state index >= 15 is 0 Å². The summed E-state index contributed by atoms with van der Waals surface area (Å²) in [4.78, 5) is 10.8. The Hall–Kier alpha value is -2.82. The fraction of sp³-hybridized carbons (Fsp3) is 0.480. The van der Waals surface area contributed by atoms with Gasteiger partial charge in [0.15, 0.2) is 5.82 Å². The average Bonchev–Trinajstić information content (AvgIpc) is 3.28. The van der Waals surface area contributed by atoms with E-state index in [0.29, 0.717) is 35.6 Å². The highest BCUT2D eigenvalue weighted by Gasteiger charge is 2.55. The van der Waals surface area contributed by atoms with Gasteiger partial charge < -0.3 is 19.6 Å². The van der Waals surface area contributed by atoms with Gasteiger partial charge in [0.2, 0.25) is 0 Å². The van der Waals surface area contributed by atoms with Crippen molar-refractivity contribution < 1.29 is 27.9 Å². The highest BCUT2D eigenvalue weighted by atomic mass is 19.4. The Morgan fingerprint density at radius 3 is 2.31 bits per heavy atom. The first-order chi connectivity index (χ1) is 16.3. The predicted octanol–water partition coefficient (Wildman–Crippen LogP) is 3.69. The Bertz CT molecular complexity index is 1190. The molecule has 0 aliphatic carbocycles. The largest absolute Gasteiger partial charge is 0.395 e. The third kappa shape index (κ3) is 4.70. The molecule has 4 rings (SSSR count). The Kier molecular flexibility index (Phi) is 6.27. The highest BCUT2D eigenvalue weighted by molar-refractivity contribution is 5.55. The monoisotopic (exact) mass is 490 g/mol. The van der Waals surface area contributed by atoms with Gasteiger partial charge in [-0.05, 0) is 24.2 Å². The fourth-order valence-electron chi connectivity index (χ4n) is 4.77. The van der Waals surface area contributed by atoms with Gasteiger partial charge in [-0.1, -0.05) is 50.2 Å². The Morgan fingerprint density at radius 1 is 1.09 bits per heavy atom. The number of alkyl halides is 3. The van der Waals surface area contributed by atoms with Crippen LogP contribution >= 0.6 is 0 Å². The number of rotatable bonds is 7. The molecule has 0 radical (unpaired) electrons. The Balaban J connectivity index is 1.76. The van der Waals surface area contributed by atoms with Crippen molar-refractivity contribution in [2.45, 2.75) is 44.4 Å². The smallest absolute Gasteiger partial charge is 0.393 e. The van der Waals surface area contributed by atoms with Gasteiger partial charge in [0, 0.05) is 36.5 Å². The van der Waals surface area contributed by atoms with Crippen LogP contribution in [0.3, 0.4) is 0 Å². The lowest BCUT2D eigenvalue weighted by Crippen LogP contribution is -2.63. The van der Waals surface area contributed by atoms with Crippen molar-refractivity contribution in [1.29, 1.82) is 0 Å². The van der Waals surface area contributed by atoms with Gasteiger partial charge in [0.1, 0.15) is 5.60 Å². The molecule has 0 bridgehead atoms. The van der Waals surface area contributed by atoms with E-state index in [9.17, 15) is 23.4 Å². The zero-order valence-corrected chi connectivity index (χ0v) is 20.1. The van der Waals surface area contributed by atoms with Crippen molar-refractivity contribution in [3.8, 4) is 11.5 Å². The van der Waals surface area contributed by atoms with Crippen molar-refractivity contribution in [2.75, 3.05) is 26.7 Å². The van der Waals surface area contributed by atoms with Crippen LogP contribution in [0.15, 0.2) is 47.2 Å². The number of aliphatic hydroxyl groups is 2. The van der Waals surface area contributed by atoms with E-state index in [-0.39, 0.29) is 18.1 Å². The van der Waals surface area contributed by atoms with Gasteiger partial charge >= 0.3 is 6.18 Å². The quantitative estimate of drug-likeness (QED) is 0.522. The zero-order chi connectivity index (χ0) is 25.6. The molecule has 1 aliphatic rings. The number of hydrogen-bond donors (Lipinski definition) is 2. The molecule has 7 nitrogen and oxygen atoms in total. The molecule has 1 aliphatic heterocycles. The van der Waals surface area contributed by atoms with Crippen molar-refractivity contribution in [3.05, 3.63) is 65.2 Å². The maximum atomic E-state index is 12.8. The first kappa shape index (κ1) is 25.3. The van der Waals surface area contributed by atoms with Crippen LogP contribution in [0, 0.1) is 5.41 Å². The van der Waals surface area contributed by atoms with E-state index in [1.807, 2.05) is 14.0 Å². The summed E-state index contributed by atoms with van der Waals surface area (Å²) >= 11 is 0. The molecule has 1 atom stereocenters. The van der Waals surface area contributed by atoms with Crippen molar-refractivity contribution in [2.24, 2.45) is 5.41 Å². The molecule has 0 unspecified atom stereocenters. The third-order valence-corrected chi connectivity index (χ3v) is 6.72. The van der Waals surface area contributed by atoms with Gasteiger partial charge in [0.05, 0.1) is 24.0 Å². The van der Waals surface area contributed by atoms with E-state index in [1.54, 1.807) is 38.2 Å². The summed E-state index contributed by atoms with van der Waals surface area (Å²) in [6, 6.07) is 7.61. The van der Waals surface area contributed by atoms with Crippen LogP contribution in [0.4, 0.5) is 13.2 Å². The first-order valence-electron chi connectivity index (χ1n) is 11.3. The summed E-state index contributed by atoms with van der Waals surface area (Å²) < 4.78 is 43.9. The minimum absolute atomic E-state index is 0.122. The molecule has 0 amide bonds. The van der Waals surface area contributed by atoms with Crippen LogP contribution in [0.5, 0.6) is 0 Å². The van der Waals surface area contributed by atoms with Crippen LogP contribution in [-0.2, 0) is 17.4 Å². The maximum Gasteiger partial charge on any atom is 0.393 e. The van der Waals surface area contributed by atoms with Crippen LogP contribution in [-0.4, -0.2) is 63.2 Å². The lowest BCUT2D eigenvalue weighted by Gasteiger charge is -2.55. The number of hydrogen-bond acceptors (Lipinski definition) is 7. The summed E-state index contributed by atoms with van der Waals surface area (Å²) in [7, 11) is 1.94. The van der Waals surface area contributed by atoms with E-state index < -0.39 is 29.0 Å².